The lowest BCUT2D eigenvalue weighted by Crippen LogP contribution is -2.31. The number of nitrogens with one attached hydrogen (secondary N) is 1. The number of carbonyl (C=O) groups is 2. The first-order valence-corrected chi connectivity index (χ1v) is 11.9. The van der Waals surface area contributed by atoms with Crippen LogP contribution in [0.1, 0.15) is 34.1 Å². The fourth-order valence-corrected chi connectivity index (χ4v) is 3.02. The van der Waals surface area contributed by atoms with Crippen molar-refractivity contribution in [2.24, 2.45) is 11.3 Å². The van der Waals surface area contributed by atoms with Crippen LogP contribution in [-0.4, -0.2) is 75.3 Å². The molecule has 0 rings (SSSR count). The molecule has 28 heavy (non-hydrogen) atoms. The van der Waals surface area contributed by atoms with E-state index in [9.17, 15) is 18.0 Å². The minimum atomic E-state index is -4.14. The van der Waals surface area contributed by atoms with Gasteiger partial charge < -0.3 is 19.5 Å². The summed E-state index contributed by atoms with van der Waals surface area (Å²) in [6.07, 6.45) is 0.798. The van der Waals surface area contributed by atoms with Crippen molar-refractivity contribution in [1.82, 2.24) is 5.32 Å². The van der Waals surface area contributed by atoms with Crippen LogP contribution >= 0.6 is 11.8 Å². The lowest BCUT2D eigenvalue weighted by Gasteiger charge is -2.21. The molecule has 1 unspecified atom stereocenters. The number of esters is 1. The van der Waals surface area contributed by atoms with Gasteiger partial charge in [0.25, 0.3) is 10.1 Å². The van der Waals surface area contributed by atoms with E-state index < -0.39 is 27.3 Å². The zero-order valence-corrected chi connectivity index (χ0v) is 18.7. The molecular weight excluding hydrogens is 410 g/mol. The maximum Gasteiger partial charge on any atom is 0.312 e. The molecule has 0 aliphatic rings. The van der Waals surface area contributed by atoms with E-state index in [-0.39, 0.29) is 25.2 Å². The molecule has 0 aromatic heterocycles. The van der Waals surface area contributed by atoms with E-state index in [4.69, 9.17) is 18.8 Å². The molecule has 0 heterocycles. The summed E-state index contributed by atoms with van der Waals surface area (Å²) in [6, 6.07) is 0. The number of ether oxygens (including phenoxy) is 3. The van der Waals surface area contributed by atoms with Gasteiger partial charge in [-0.15, -0.1) is 0 Å². The highest BCUT2D eigenvalue weighted by Gasteiger charge is 2.29. The van der Waals surface area contributed by atoms with Crippen LogP contribution < -0.4 is 5.32 Å². The van der Waals surface area contributed by atoms with Crippen LogP contribution in [0, 0.1) is 11.3 Å². The average molecular weight is 444 g/mol. The largest absolute Gasteiger partial charge is 0.464 e. The number of amides is 1. The predicted octanol–water partition coefficient (Wildman–Crippen LogP) is 1.33. The molecule has 1 amide bonds. The summed E-state index contributed by atoms with van der Waals surface area (Å²) in [4.78, 5) is 23.5. The molecule has 0 aromatic rings. The molecule has 0 aliphatic heterocycles. The van der Waals surface area contributed by atoms with Crippen LogP contribution in [0.5, 0.6) is 0 Å². The lowest BCUT2D eigenvalue weighted by atomic mass is 9.97. The molecule has 0 aliphatic carbocycles. The lowest BCUT2D eigenvalue weighted by molar-refractivity contribution is -0.151. The zero-order chi connectivity index (χ0) is 21.6. The quantitative estimate of drug-likeness (QED) is 0.157. The summed E-state index contributed by atoms with van der Waals surface area (Å²) in [5.41, 5.74) is -0.784. The Morgan fingerprint density at radius 1 is 1.18 bits per heavy atom. The van der Waals surface area contributed by atoms with Gasteiger partial charge in [0.05, 0.1) is 18.6 Å². The molecule has 0 radical (unpaired) electrons. The average Bonchev–Trinajstić information content (AvgIpc) is 2.60. The Labute approximate surface area is 172 Å². The second-order valence-corrected chi connectivity index (χ2v) is 9.57. The van der Waals surface area contributed by atoms with E-state index >= 15 is 0 Å². The van der Waals surface area contributed by atoms with Gasteiger partial charge in [-0.1, -0.05) is 13.8 Å². The number of carbonyl (C=O) groups excluding carboxylic acids is 2. The van der Waals surface area contributed by atoms with Gasteiger partial charge in [-0.3, -0.25) is 14.1 Å². The molecule has 0 aromatic carbocycles. The standard InChI is InChI=1S/C17H33NO8S2/c1-5-14(2)15(19)18-6-7-24-13-25-8-10-27-12-17(3,4)16(20)26-9-11-28(21,22)23/h14H,5-13H2,1-4H3,(H,18,19)(H,21,22,23). The van der Waals surface area contributed by atoms with Crippen molar-refractivity contribution >= 4 is 33.8 Å². The van der Waals surface area contributed by atoms with E-state index in [0.717, 1.165) is 6.42 Å². The highest BCUT2D eigenvalue weighted by atomic mass is 32.2. The fourth-order valence-electron chi connectivity index (χ4n) is 1.72. The molecule has 9 nitrogen and oxygen atoms in total. The molecule has 0 bridgehead atoms. The van der Waals surface area contributed by atoms with Crippen molar-refractivity contribution in [3.05, 3.63) is 0 Å². The van der Waals surface area contributed by atoms with Crippen molar-refractivity contribution < 1.29 is 36.8 Å². The van der Waals surface area contributed by atoms with Crippen molar-refractivity contribution in [2.75, 3.05) is 50.4 Å². The first-order valence-electron chi connectivity index (χ1n) is 9.13. The van der Waals surface area contributed by atoms with E-state index in [1.165, 1.54) is 11.8 Å². The van der Waals surface area contributed by atoms with E-state index in [0.29, 0.717) is 31.3 Å². The maximum absolute atomic E-state index is 11.9. The van der Waals surface area contributed by atoms with Crippen LogP contribution in [0.25, 0.3) is 0 Å². The minimum Gasteiger partial charge on any atom is -0.464 e. The molecule has 0 spiro atoms. The van der Waals surface area contributed by atoms with Gasteiger partial charge in [-0.2, -0.15) is 20.2 Å². The number of thioether (sulfide) groups is 1. The Morgan fingerprint density at radius 3 is 2.43 bits per heavy atom. The molecule has 0 saturated carbocycles. The summed E-state index contributed by atoms with van der Waals surface area (Å²) in [5.74, 6) is 0.00341. The molecular formula is C17H33NO8S2. The first-order chi connectivity index (χ1) is 13.0. The van der Waals surface area contributed by atoms with Crippen LogP contribution in [-0.2, 0) is 33.9 Å². The summed E-state index contributed by atoms with van der Waals surface area (Å²) in [6.45, 7) is 8.24. The Kier molecular flexibility index (Phi) is 13.7. The minimum absolute atomic E-state index is 0.00229. The SMILES string of the molecule is CCC(C)C(=O)NCCOCOCCSCC(C)(C)C(=O)OCCS(=O)(=O)O. The molecule has 0 saturated heterocycles. The monoisotopic (exact) mass is 443 g/mol. The van der Waals surface area contributed by atoms with Crippen molar-refractivity contribution in [2.45, 2.75) is 34.1 Å². The Hall–Kier alpha value is -0.880. The molecule has 11 heteroatoms. The van der Waals surface area contributed by atoms with E-state index in [1.54, 1.807) is 13.8 Å². The van der Waals surface area contributed by atoms with Crippen molar-refractivity contribution in [3.63, 3.8) is 0 Å². The normalized spacial score (nSPS) is 13.2. The highest BCUT2D eigenvalue weighted by molar-refractivity contribution is 7.99. The predicted molar refractivity (Wildman–Crippen MR) is 108 cm³/mol. The fraction of sp³-hybridized carbons (Fsp3) is 0.882. The van der Waals surface area contributed by atoms with Gasteiger partial charge in [-0.25, -0.2) is 0 Å². The van der Waals surface area contributed by atoms with E-state index in [2.05, 4.69) is 5.32 Å². The van der Waals surface area contributed by atoms with Crippen LogP contribution in [0.4, 0.5) is 0 Å². The number of hydrogen-bond donors (Lipinski definition) is 2. The third kappa shape index (κ3) is 14.2. The van der Waals surface area contributed by atoms with E-state index in [1.807, 2.05) is 13.8 Å². The first kappa shape index (κ1) is 27.1. The molecule has 166 valence electrons. The summed E-state index contributed by atoms with van der Waals surface area (Å²) in [5, 5.41) is 2.78. The third-order valence-electron chi connectivity index (χ3n) is 3.73. The highest BCUT2D eigenvalue weighted by Crippen LogP contribution is 2.23. The van der Waals surface area contributed by atoms with Crippen LogP contribution in [0.3, 0.4) is 0 Å². The van der Waals surface area contributed by atoms with Gasteiger partial charge in [0.15, 0.2) is 0 Å². The van der Waals surface area contributed by atoms with Crippen LogP contribution in [0.15, 0.2) is 0 Å². The van der Waals surface area contributed by atoms with Crippen LogP contribution in [0.2, 0.25) is 0 Å². The Bertz CT molecular complexity index is 566. The van der Waals surface area contributed by atoms with Gasteiger partial charge >= 0.3 is 5.97 Å². The molecule has 0 fully saturated rings. The van der Waals surface area contributed by atoms with Gasteiger partial charge in [0, 0.05) is 24.0 Å². The molecule has 1 atom stereocenters. The smallest absolute Gasteiger partial charge is 0.312 e. The number of hydrogen-bond acceptors (Lipinski definition) is 8. The second-order valence-electron chi connectivity index (χ2n) is 6.89. The topological polar surface area (TPSA) is 128 Å². The Morgan fingerprint density at radius 2 is 1.82 bits per heavy atom. The number of rotatable bonds is 16. The van der Waals surface area contributed by atoms with Crippen molar-refractivity contribution in [3.8, 4) is 0 Å². The van der Waals surface area contributed by atoms with Gasteiger partial charge in [0.1, 0.15) is 19.2 Å². The van der Waals surface area contributed by atoms with Gasteiger partial charge in [-0.05, 0) is 20.3 Å². The van der Waals surface area contributed by atoms with Gasteiger partial charge in [0.2, 0.25) is 5.91 Å². The molecule has 2 N–H and O–H groups in total. The zero-order valence-electron chi connectivity index (χ0n) is 17.1. The summed E-state index contributed by atoms with van der Waals surface area (Å²) < 4.78 is 45.3. The maximum atomic E-state index is 11.9. The Balaban J connectivity index is 3.68. The second kappa shape index (κ2) is 14.2. The summed E-state index contributed by atoms with van der Waals surface area (Å²) >= 11 is 1.50. The third-order valence-corrected chi connectivity index (χ3v) is 5.80. The summed E-state index contributed by atoms with van der Waals surface area (Å²) in [7, 11) is -4.14. The van der Waals surface area contributed by atoms with Crippen molar-refractivity contribution in [1.29, 1.82) is 0 Å².